The topological polar surface area (TPSA) is 49.8 Å². The molecule has 1 saturated heterocycles. The van der Waals surface area contributed by atoms with Crippen molar-refractivity contribution in [3.8, 4) is 0 Å². The summed E-state index contributed by atoms with van der Waals surface area (Å²) < 4.78 is 5.34. The van der Waals surface area contributed by atoms with Gasteiger partial charge in [0.15, 0.2) is 0 Å². The molecule has 19 heavy (non-hydrogen) atoms. The van der Waals surface area contributed by atoms with Crippen LogP contribution < -0.4 is 0 Å². The second-order valence-electron chi connectivity index (χ2n) is 5.19. The SMILES string of the molecule is O=C(C1CCCc2sccc21)N1CCOCC1CO. The zero-order valence-corrected chi connectivity index (χ0v) is 11.7. The first-order chi connectivity index (χ1) is 9.31. The standard InChI is InChI=1S/C14H19NO3S/c16-8-10-9-18-6-5-15(10)14(17)12-2-1-3-13-11(12)4-7-19-13/h4,7,10,12,16H,1-3,5-6,8-9H2. The Labute approximate surface area is 117 Å². The molecule has 0 radical (unpaired) electrons. The van der Waals surface area contributed by atoms with Crippen LogP contribution in [-0.4, -0.2) is 48.3 Å². The lowest BCUT2D eigenvalue weighted by Crippen LogP contribution is -2.52. The molecule has 4 nitrogen and oxygen atoms in total. The van der Waals surface area contributed by atoms with Gasteiger partial charge in [0, 0.05) is 11.4 Å². The first-order valence-electron chi connectivity index (χ1n) is 6.86. The molecule has 2 aliphatic rings. The second kappa shape index (κ2) is 5.61. The van der Waals surface area contributed by atoms with Gasteiger partial charge in [-0.15, -0.1) is 11.3 Å². The number of aliphatic hydroxyl groups excluding tert-OH is 1. The van der Waals surface area contributed by atoms with Crippen LogP contribution in [0.1, 0.15) is 29.2 Å². The number of aryl methyl sites for hydroxylation is 1. The number of hydrogen-bond donors (Lipinski definition) is 1. The van der Waals surface area contributed by atoms with Gasteiger partial charge >= 0.3 is 0 Å². The molecule has 1 N–H and O–H groups in total. The average molecular weight is 281 g/mol. The van der Waals surface area contributed by atoms with Gasteiger partial charge in [-0.1, -0.05) is 0 Å². The van der Waals surface area contributed by atoms with Gasteiger partial charge in [0.25, 0.3) is 0 Å². The van der Waals surface area contributed by atoms with Crippen LogP contribution in [0.25, 0.3) is 0 Å². The van der Waals surface area contributed by atoms with E-state index in [4.69, 9.17) is 4.74 Å². The van der Waals surface area contributed by atoms with Crippen molar-refractivity contribution in [3.63, 3.8) is 0 Å². The fourth-order valence-electron chi connectivity index (χ4n) is 3.04. The van der Waals surface area contributed by atoms with Crippen LogP contribution in [-0.2, 0) is 16.0 Å². The minimum Gasteiger partial charge on any atom is -0.394 e. The van der Waals surface area contributed by atoms with Crippen molar-refractivity contribution in [3.05, 3.63) is 21.9 Å². The second-order valence-corrected chi connectivity index (χ2v) is 6.19. The van der Waals surface area contributed by atoms with E-state index in [-0.39, 0.29) is 24.5 Å². The molecule has 2 heterocycles. The molecule has 0 spiro atoms. The number of hydrogen-bond acceptors (Lipinski definition) is 4. The summed E-state index contributed by atoms with van der Waals surface area (Å²) in [6.07, 6.45) is 3.11. The van der Waals surface area contributed by atoms with Gasteiger partial charge in [0.05, 0.1) is 31.8 Å². The number of fused-ring (bicyclic) bond motifs is 1. The lowest BCUT2D eigenvalue weighted by molar-refractivity contribution is -0.143. The lowest BCUT2D eigenvalue weighted by Gasteiger charge is -2.37. The predicted molar refractivity (Wildman–Crippen MR) is 73.4 cm³/mol. The summed E-state index contributed by atoms with van der Waals surface area (Å²) in [4.78, 5) is 15.9. The molecule has 0 saturated carbocycles. The summed E-state index contributed by atoms with van der Waals surface area (Å²) in [5.74, 6) is 0.156. The molecule has 0 bridgehead atoms. The molecule has 3 rings (SSSR count). The van der Waals surface area contributed by atoms with Gasteiger partial charge in [-0.05, 0) is 36.3 Å². The van der Waals surface area contributed by atoms with Crippen LogP contribution in [0.2, 0.25) is 0 Å². The van der Waals surface area contributed by atoms with E-state index in [0.29, 0.717) is 19.8 Å². The smallest absolute Gasteiger partial charge is 0.230 e. The third-order valence-corrected chi connectivity index (χ3v) is 5.07. The van der Waals surface area contributed by atoms with E-state index < -0.39 is 0 Å². The van der Waals surface area contributed by atoms with Crippen molar-refractivity contribution in [2.45, 2.75) is 31.2 Å². The summed E-state index contributed by atoms with van der Waals surface area (Å²) in [6, 6.07) is 1.92. The average Bonchev–Trinajstić information content (AvgIpc) is 2.94. The third kappa shape index (κ3) is 2.42. The summed E-state index contributed by atoms with van der Waals surface area (Å²) in [5.41, 5.74) is 1.21. The van der Waals surface area contributed by atoms with E-state index in [0.717, 1.165) is 19.3 Å². The van der Waals surface area contributed by atoms with E-state index in [9.17, 15) is 9.90 Å². The molecule has 1 amide bonds. The highest BCUT2D eigenvalue weighted by atomic mass is 32.1. The maximum absolute atomic E-state index is 12.7. The first-order valence-corrected chi connectivity index (χ1v) is 7.74. The van der Waals surface area contributed by atoms with Crippen molar-refractivity contribution in [1.82, 2.24) is 4.90 Å². The van der Waals surface area contributed by atoms with Crippen molar-refractivity contribution in [1.29, 1.82) is 0 Å². The molecule has 104 valence electrons. The van der Waals surface area contributed by atoms with E-state index in [2.05, 4.69) is 11.4 Å². The Morgan fingerprint density at radius 2 is 2.47 bits per heavy atom. The number of thiophene rings is 1. The molecular formula is C14H19NO3S. The van der Waals surface area contributed by atoms with Gasteiger partial charge < -0.3 is 14.7 Å². The number of morpholine rings is 1. The highest BCUT2D eigenvalue weighted by Crippen LogP contribution is 2.36. The molecule has 0 aromatic carbocycles. The highest BCUT2D eigenvalue weighted by Gasteiger charge is 2.34. The summed E-state index contributed by atoms with van der Waals surface area (Å²) >= 11 is 1.75. The van der Waals surface area contributed by atoms with E-state index in [1.165, 1.54) is 10.4 Å². The largest absolute Gasteiger partial charge is 0.394 e. The van der Waals surface area contributed by atoms with Crippen molar-refractivity contribution in [2.24, 2.45) is 0 Å². The Kier molecular flexibility index (Phi) is 3.86. The Bertz CT molecular complexity index is 459. The molecular weight excluding hydrogens is 262 g/mol. The van der Waals surface area contributed by atoms with Gasteiger partial charge in [-0.2, -0.15) is 0 Å². The number of carbonyl (C=O) groups is 1. The lowest BCUT2D eigenvalue weighted by atomic mass is 9.86. The van der Waals surface area contributed by atoms with Crippen molar-refractivity contribution >= 4 is 17.2 Å². The van der Waals surface area contributed by atoms with E-state index >= 15 is 0 Å². The molecule has 1 fully saturated rings. The number of carbonyl (C=O) groups excluding carboxylic acids is 1. The summed E-state index contributed by atoms with van der Waals surface area (Å²) in [5, 5.41) is 11.5. The van der Waals surface area contributed by atoms with E-state index in [1.54, 1.807) is 11.3 Å². The first kappa shape index (κ1) is 13.1. The van der Waals surface area contributed by atoms with Gasteiger partial charge in [0.1, 0.15) is 0 Å². The quantitative estimate of drug-likeness (QED) is 0.891. The van der Waals surface area contributed by atoms with Crippen LogP contribution in [0, 0.1) is 0 Å². The van der Waals surface area contributed by atoms with Crippen molar-refractivity contribution < 1.29 is 14.6 Å². The van der Waals surface area contributed by atoms with Crippen molar-refractivity contribution in [2.75, 3.05) is 26.4 Å². The molecule has 2 atom stereocenters. The van der Waals surface area contributed by atoms with Crippen LogP contribution >= 0.6 is 11.3 Å². The number of amides is 1. The number of aliphatic hydroxyl groups is 1. The third-order valence-electron chi connectivity index (χ3n) is 4.07. The zero-order valence-electron chi connectivity index (χ0n) is 10.9. The highest BCUT2D eigenvalue weighted by molar-refractivity contribution is 7.10. The molecule has 1 aromatic rings. The van der Waals surface area contributed by atoms with Crippen LogP contribution in [0.3, 0.4) is 0 Å². The number of rotatable bonds is 2. The molecule has 1 aromatic heterocycles. The fraction of sp³-hybridized carbons (Fsp3) is 0.643. The minimum absolute atomic E-state index is 0.0119. The van der Waals surface area contributed by atoms with Gasteiger partial charge in [0.2, 0.25) is 5.91 Å². The minimum atomic E-state index is -0.176. The molecule has 1 aliphatic carbocycles. The van der Waals surface area contributed by atoms with Gasteiger partial charge in [-0.3, -0.25) is 4.79 Å². The normalized spacial score (nSPS) is 27.1. The number of ether oxygens (including phenoxy) is 1. The van der Waals surface area contributed by atoms with Crippen LogP contribution in [0.5, 0.6) is 0 Å². The predicted octanol–water partition coefficient (Wildman–Crippen LogP) is 1.39. The Morgan fingerprint density at radius 1 is 1.58 bits per heavy atom. The fourth-order valence-corrected chi connectivity index (χ4v) is 4.03. The van der Waals surface area contributed by atoms with Crippen LogP contribution in [0.15, 0.2) is 11.4 Å². The maximum atomic E-state index is 12.7. The Hall–Kier alpha value is -0.910. The van der Waals surface area contributed by atoms with Crippen LogP contribution in [0.4, 0.5) is 0 Å². The zero-order chi connectivity index (χ0) is 13.2. The molecule has 5 heteroatoms. The molecule has 1 aliphatic heterocycles. The Morgan fingerprint density at radius 3 is 3.32 bits per heavy atom. The Balaban J connectivity index is 1.81. The summed E-state index contributed by atoms with van der Waals surface area (Å²) in [7, 11) is 0. The summed E-state index contributed by atoms with van der Waals surface area (Å²) in [6.45, 7) is 1.60. The monoisotopic (exact) mass is 281 g/mol. The molecule has 2 unspecified atom stereocenters. The van der Waals surface area contributed by atoms with E-state index in [1.807, 2.05) is 4.90 Å². The number of nitrogens with zero attached hydrogens (tertiary/aromatic N) is 1. The maximum Gasteiger partial charge on any atom is 0.230 e. The van der Waals surface area contributed by atoms with Gasteiger partial charge in [-0.25, -0.2) is 0 Å².